The van der Waals surface area contributed by atoms with Gasteiger partial charge >= 0.3 is 0 Å². The van der Waals surface area contributed by atoms with Gasteiger partial charge in [-0.2, -0.15) is 0 Å². The maximum absolute atomic E-state index is 5.49. The highest BCUT2D eigenvalue weighted by Gasteiger charge is 2.29. The molecule has 2 aliphatic rings. The highest BCUT2D eigenvalue weighted by atomic mass is 16.5. The van der Waals surface area contributed by atoms with Gasteiger partial charge in [0, 0.05) is 32.8 Å². The zero-order chi connectivity index (χ0) is 10.6. The van der Waals surface area contributed by atoms with Gasteiger partial charge in [0.15, 0.2) is 0 Å². The number of nitrogens with zero attached hydrogens (tertiary/aromatic N) is 1. The topological polar surface area (TPSA) is 24.5 Å². The second kappa shape index (κ2) is 5.28. The van der Waals surface area contributed by atoms with E-state index in [-0.39, 0.29) is 0 Å². The van der Waals surface area contributed by atoms with Crippen LogP contribution in [0.3, 0.4) is 0 Å². The van der Waals surface area contributed by atoms with Crippen molar-refractivity contribution in [2.75, 3.05) is 45.9 Å². The van der Waals surface area contributed by atoms with Crippen LogP contribution in [0.1, 0.15) is 26.2 Å². The van der Waals surface area contributed by atoms with Crippen LogP contribution in [-0.4, -0.2) is 50.8 Å². The molecule has 1 N–H and O–H groups in total. The summed E-state index contributed by atoms with van der Waals surface area (Å²) in [6.07, 6.45) is 3.90. The summed E-state index contributed by atoms with van der Waals surface area (Å²) < 4.78 is 5.49. The molecular formula is C12H24N2O. The van der Waals surface area contributed by atoms with Gasteiger partial charge in [0.1, 0.15) is 0 Å². The SMILES string of the molecule is CC1(CN2CCCOCC2)CCCNC1. The molecule has 1 unspecified atom stereocenters. The largest absolute Gasteiger partial charge is 0.380 e. The van der Waals surface area contributed by atoms with Crippen molar-refractivity contribution in [2.24, 2.45) is 5.41 Å². The lowest BCUT2D eigenvalue weighted by atomic mass is 9.82. The number of nitrogens with one attached hydrogen (secondary N) is 1. The Morgan fingerprint density at radius 1 is 1.27 bits per heavy atom. The molecule has 0 radical (unpaired) electrons. The number of rotatable bonds is 2. The second-order valence-electron chi connectivity index (χ2n) is 5.33. The molecule has 15 heavy (non-hydrogen) atoms. The molecule has 1 atom stereocenters. The minimum absolute atomic E-state index is 0.489. The van der Waals surface area contributed by atoms with Gasteiger partial charge in [0.2, 0.25) is 0 Å². The maximum Gasteiger partial charge on any atom is 0.0593 e. The van der Waals surface area contributed by atoms with Crippen molar-refractivity contribution in [3.63, 3.8) is 0 Å². The fourth-order valence-electron chi connectivity index (χ4n) is 2.75. The Hall–Kier alpha value is -0.120. The first kappa shape index (κ1) is 11.4. The minimum Gasteiger partial charge on any atom is -0.380 e. The predicted molar refractivity (Wildman–Crippen MR) is 62.1 cm³/mol. The Bertz CT molecular complexity index is 182. The molecule has 0 aliphatic carbocycles. The van der Waals surface area contributed by atoms with Crippen LogP contribution in [0.4, 0.5) is 0 Å². The molecule has 88 valence electrons. The molecule has 0 amide bonds. The molecule has 0 aromatic heterocycles. The Labute approximate surface area is 93.2 Å². The third-order valence-electron chi connectivity index (χ3n) is 3.61. The average molecular weight is 212 g/mol. The normalized spacial score (nSPS) is 35.0. The van der Waals surface area contributed by atoms with Gasteiger partial charge in [-0.05, 0) is 31.2 Å². The van der Waals surface area contributed by atoms with E-state index in [1.165, 1.54) is 45.4 Å². The molecule has 2 aliphatic heterocycles. The quantitative estimate of drug-likeness (QED) is 0.742. The van der Waals surface area contributed by atoms with E-state index in [9.17, 15) is 0 Å². The monoisotopic (exact) mass is 212 g/mol. The fourth-order valence-corrected chi connectivity index (χ4v) is 2.75. The molecule has 3 nitrogen and oxygen atoms in total. The molecule has 0 aromatic carbocycles. The number of piperidine rings is 1. The van der Waals surface area contributed by atoms with Gasteiger partial charge in [-0.1, -0.05) is 6.92 Å². The lowest BCUT2D eigenvalue weighted by Gasteiger charge is -2.38. The molecule has 0 spiro atoms. The van der Waals surface area contributed by atoms with Crippen LogP contribution < -0.4 is 5.32 Å². The van der Waals surface area contributed by atoms with Gasteiger partial charge in [0.05, 0.1) is 6.61 Å². The van der Waals surface area contributed by atoms with Gasteiger partial charge < -0.3 is 15.0 Å². The van der Waals surface area contributed by atoms with Gasteiger partial charge in [-0.3, -0.25) is 0 Å². The van der Waals surface area contributed by atoms with E-state index in [0.717, 1.165) is 19.8 Å². The van der Waals surface area contributed by atoms with Gasteiger partial charge in [0.25, 0.3) is 0 Å². The highest BCUT2D eigenvalue weighted by molar-refractivity contribution is 4.84. The van der Waals surface area contributed by atoms with Gasteiger partial charge in [-0.15, -0.1) is 0 Å². The maximum atomic E-state index is 5.49. The summed E-state index contributed by atoms with van der Waals surface area (Å²) in [4.78, 5) is 2.58. The van der Waals surface area contributed by atoms with Crippen molar-refractivity contribution < 1.29 is 4.74 Å². The number of hydrogen-bond acceptors (Lipinski definition) is 3. The molecule has 3 heteroatoms. The van der Waals surface area contributed by atoms with E-state index in [4.69, 9.17) is 4.74 Å². The van der Waals surface area contributed by atoms with E-state index in [0.29, 0.717) is 5.41 Å². The van der Waals surface area contributed by atoms with E-state index in [1.807, 2.05) is 0 Å². The smallest absolute Gasteiger partial charge is 0.0593 e. The van der Waals surface area contributed by atoms with E-state index < -0.39 is 0 Å². The molecule has 0 bridgehead atoms. The zero-order valence-corrected chi connectivity index (χ0v) is 9.93. The Balaban J connectivity index is 1.82. The van der Waals surface area contributed by atoms with Crippen molar-refractivity contribution in [1.29, 1.82) is 0 Å². The van der Waals surface area contributed by atoms with Gasteiger partial charge in [-0.25, -0.2) is 0 Å². The first-order chi connectivity index (χ1) is 7.29. The van der Waals surface area contributed by atoms with Crippen molar-refractivity contribution in [3.05, 3.63) is 0 Å². The molecule has 2 fully saturated rings. The summed E-state index contributed by atoms with van der Waals surface area (Å²) in [5.41, 5.74) is 0.489. The lowest BCUT2D eigenvalue weighted by molar-refractivity contribution is 0.114. The van der Waals surface area contributed by atoms with Crippen LogP contribution in [0.25, 0.3) is 0 Å². The first-order valence-electron chi connectivity index (χ1n) is 6.29. The van der Waals surface area contributed by atoms with Crippen LogP contribution in [0.5, 0.6) is 0 Å². The van der Waals surface area contributed by atoms with E-state index in [2.05, 4.69) is 17.1 Å². The molecule has 0 saturated carbocycles. The fraction of sp³-hybridized carbons (Fsp3) is 1.00. The zero-order valence-electron chi connectivity index (χ0n) is 9.93. The number of hydrogen-bond donors (Lipinski definition) is 1. The van der Waals surface area contributed by atoms with Crippen molar-refractivity contribution in [3.8, 4) is 0 Å². The summed E-state index contributed by atoms with van der Waals surface area (Å²) >= 11 is 0. The van der Waals surface area contributed by atoms with Crippen molar-refractivity contribution >= 4 is 0 Å². The molecule has 2 heterocycles. The Morgan fingerprint density at radius 2 is 2.20 bits per heavy atom. The second-order valence-corrected chi connectivity index (χ2v) is 5.33. The predicted octanol–water partition coefficient (Wildman–Crippen LogP) is 1.10. The standard InChI is InChI=1S/C12H24N2O/c1-12(4-2-5-13-10-12)11-14-6-3-8-15-9-7-14/h13H,2-11H2,1H3. The van der Waals surface area contributed by atoms with Crippen LogP contribution in [-0.2, 0) is 4.74 Å². The van der Waals surface area contributed by atoms with Crippen LogP contribution >= 0.6 is 0 Å². The summed E-state index contributed by atoms with van der Waals surface area (Å²) in [6.45, 7) is 10.3. The molecule has 2 saturated heterocycles. The summed E-state index contributed by atoms with van der Waals surface area (Å²) in [7, 11) is 0. The molecular weight excluding hydrogens is 188 g/mol. The van der Waals surface area contributed by atoms with Crippen molar-refractivity contribution in [2.45, 2.75) is 26.2 Å². The average Bonchev–Trinajstić information content (AvgIpc) is 2.47. The third-order valence-corrected chi connectivity index (χ3v) is 3.61. The molecule has 0 aromatic rings. The number of ether oxygens (including phenoxy) is 1. The van der Waals surface area contributed by atoms with Crippen LogP contribution in [0.15, 0.2) is 0 Å². The van der Waals surface area contributed by atoms with Crippen LogP contribution in [0.2, 0.25) is 0 Å². The summed E-state index contributed by atoms with van der Waals surface area (Å²) in [6, 6.07) is 0. The summed E-state index contributed by atoms with van der Waals surface area (Å²) in [5.74, 6) is 0. The third kappa shape index (κ3) is 3.44. The Morgan fingerprint density at radius 3 is 3.00 bits per heavy atom. The van der Waals surface area contributed by atoms with Crippen molar-refractivity contribution in [1.82, 2.24) is 10.2 Å². The first-order valence-corrected chi connectivity index (χ1v) is 6.29. The Kier molecular flexibility index (Phi) is 4.00. The molecule has 2 rings (SSSR count). The lowest BCUT2D eigenvalue weighted by Crippen LogP contribution is -2.46. The summed E-state index contributed by atoms with van der Waals surface area (Å²) in [5, 5.41) is 3.52. The van der Waals surface area contributed by atoms with Crippen LogP contribution in [0, 0.1) is 5.41 Å². The van der Waals surface area contributed by atoms with E-state index >= 15 is 0 Å². The highest BCUT2D eigenvalue weighted by Crippen LogP contribution is 2.26. The minimum atomic E-state index is 0.489. The van der Waals surface area contributed by atoms with E-state index in [1.54, 1.807) is 0 Å².